The van der Waals surface area contributed by atoms with Gasteiger partial charge >= 0.3 is 0 Å². The maximum Gasteiger partial charge on any atom is 0.123 e. The number of ether oxygens (including phenoxy) is 1. The lowest BCUT2D eigenvalue weighted by Gasteiger charge is -2.26. The van der Waals surface area contributed by atoms with Gasteiger partial charge in [0.1, 0.15) is 5.75 Å². The Morgan fingerprint density at radius 3 is 2.52 bits per heavy atom. The van der Waals surface area contributed by atoms with Gasteiger partial charge in [0, 0.05) is 31.2 Å². The molecule has 0 aromatic heterocycles. The lowest BCUT2D eigenvalue weighted by atomic mass is 10.0. The van der Waals surface area contributed by atoms with Crippen molar-refractivity contribution in [3.8, 4) is 5.75 Å². The molecule has 3 unspecified atom stereocenters. The molecule has 21 heavy (non-hydrogen) atoms. The molecule has 0 aliphatic carbocycles. The molecule has 0 saturated carbocycles. The van der Waals surface area contributed by atoms with E-state index in [1.165, 1.54) is 24.2 Å². The van der Waals surface area contributed by atoms with Gasteiger partial charge in [0.15, 0.2) is 0 Å². The van der Waals surface area contributed by atoms with Gasteiger partial charge in [0.2, 0.25) is 0 Å². The van der Waals surface area contributed by atoms with Crippen molar-refractivity contribution in [3.63, 3.8) is 0 Å². The molecule has 1 fully saturated rings. The Balaban J connectivity index is 2.17. The second-order valence-corrected chi connectivity index (χ2v) is 6.53. The fourth-order valence-electron chi connectivity index (χ4n) is 3.30. The number of methoxy groups -OCH3 is 1. The zero-order chi connectivity index (χ0) is 15.4. The fraction of sp³-hybridized carbons (Fsp3) is 0.667. The summed E-state index contributed by atoms with van der Waals surface area (Å²) in [5.41, 5.74) is 2.57. The van der Waals surface area contributed by atoms with Crippen LogP contribution >= 0.6 is 0 Å². The summed E-state index contributed by atoms with van der Waals surface area (Å²) in [7, 11) is 1.76. The van der Waals surface area contributed by atoms with Crippen LogP contribution in [0.25, 0.3) is 0 Å². The Kier molecular flexibility index (Phi) is 5.65. The first-order valence-electron chi connectivity index (χ1n) is 8.15. The molecule has 1 aromatic rings. The number of hydrogen-bond acceptors (Lipinski definition) is 3. The molecule has 0 bridgehead atoms. The first kappa shape index (κ1) is 16.3. The summed E-state index contributed by atoms with van der Waals surface area (Å²) in [6, 6.07) is 6.80. The molecule has 1 aliphatic heterocycles. The number of likely N-dealkylation sites (N-methyl/N-ethyl adjacent to an activating group) is 1. The molecule has 3 nitrogen and oxygen atoms in total. The van der Waals surface area contributed by atoms with E-state index in [1.54, 1.807) is 7.11 Å². The number of rotatable bonds is 6. The molecule has 118 valence electrons. The number of likely N-dealkylation sites (tertiary alicyclic amines) is 1. The fourth-order valence-corrected chi connectivity index (χ4v) is 3.30. The van der Waals surface area contributed by atoms with Gasteiger partial charge in [0.05, 0.1) is 7.11 Å². The lowest BCUT2D eigenvalue weighted by Crippen LogP contribution is -2.34. The number of hydrogen-bond donors (Lipinski definition) is 1. The van der Waals surface area contributed by atoms with Gasteiger partial charge in [-0.05, 0) is 31.4 Å². The van der Waals surface area contributed by atoms with Crippen molar-refractivity contribution in [2.75, 3.05) is 33.3 Å². The highest BCUT2D eigenvalue weighted by atomic mass is 16.5. The maximum atomic E-state index is 5.58. The monoisotopic (exact) mass is 290 g/mol. The number of nitrogens with zero attached hydrogens (tertiary/aromatic N) is 1. The van der Waals surface area contributed by atoms with E-state index in [0.717, 1.165) is 30.7 Å². The summed E-state index contributed by atoms with van der Waals surface area (Å²) in [5.74, 6) is 2.59. The summed E-state index contributed by atoms with van der Waals surface area (Å²) >= 11 is 0. The number of nitrogens with one attached hydrogen (secondary N) is 1. The van der Waals surface area contributed by atoms with Crippen molar-refractivity contribution in [1.82, 2.24) is 10.2 Å². The minimum atomic E-state index is 0.336. The summed E-state index contributed by atoms with van der Waals surface area (Å²) < 4.78 is 5.58. The van der Waals surface area contributed by atoms with Gasteiger partial charge < -0.3 is 15.0 Å². The van der Waals surface area contributed by atoms with Gasteiger partial charge in [-0.25, -0.2) is 0 Å². The summed E-state index contributed by atoms with van der Waals surface area (Å²) in [5, 5.41) is 3.64. The Labute approximate surface area is 129 Å². The lowest BCUT2D eigenvalue weighted by molar-refractivity contribution is 0.279. The van der Waals surface area contributed by atoms with E-state index in [1.807, 2.05) is 0 Å². The first-order chi connectivity index (χ1) is 10.0. The quantitative estimate of drug-likeness (QED) is 0.870. The van der Waals surface area contributed by atoms with Crippen LogP contribution in [0.4, 0.5) is 0 Å². The van der Waals surface area contributed by atoms with Crippen LogP contribution in [0, 0.1) is 18.8 Å². The molecule has 3 heteroatoms. The standard InChI is InChI=1S/C18H30N2O/c1-6-19-17(12-20-10-14(3)15(4)11-20)16-9-13(2)7-8-18(16)21-5/h7-9,14-15,17,19H,6,10-12H2,1-5H3. The Hall–Kier alpha value is -1.06. The van der Waals surface area contributed by atoms with Crippen molar-refractivity contribution < 1.29 is 4.74 Å². The minimum absolute atomic E-state index is 0.336. The predicted octanol–water partition coefficient (Wildman–Crippen LogP) is 3.24. The van der Waals surface area contributed by atoms with E-state index in [4.69, 9.17) is 4.74 Å². The number of aryl methyl sites for hydroxylation is 1. The van der Waals surface area contributed by atoms with Crippen LogP contribution in [0.3, 0.4) is 0 Å². The third-order valence-electron chi connectivity index (χ3n) is 4.72. The molecular formula is C18H30N2O. The molecule has 0 amide bonds. The number of benzene rings is 1. The zero-order valence-electron chi connectivity index (χ0n) is 14.1. The first-order valence-corrected chi connectivity index (χ1v) is 8.15. The van der Waals surface area contributed by atoms with E-state index < -0.39 is 0 Å². The Morgan fingerprint density at radius 1 is 1.29 bits per heavy atom. The molecule has 1 aliphatic rings. The van der Waals surface area contributed by atoms with Crippen LogP contribution in [0.1, 0.15) is 37.9 Å². The van der Waals surface area contributed by atoms with Gasteiger partial charge in [-0.15, -0.1) is 0 Å². The van der Waals surface area contributed by atoms with Crippen LogP contribution in [-0.2, 0) is 0 Å². The predicted molar refractivity (Wildman–Crippen MR) is 88.9 cm³/mol. The topological polar surface area (TPSA) is 24.5 Å². The van der Waals surface area contributed by atoms with Gasteiger partial charge in [-0.1, -0.05) is 38.5 Å². The third kappa shape index (κ3) is 3.98. The third-order valence-corrected chi connectivity index (χ3v) is 4.72. The molecule has 1 aromatic carbocycles. The molecule has 1 heterocycles. The molecule has 3 atom stereocenters. The second-order valence-electron chi connectivity index (χ2n) is 6.53. The molecule has 0 spiro atoms. The second kappa shape index (κ2) is 7.28. The van der Waals surface area contributed by atoms with Crippen molar-refractivity contribution >= 4 is 0 Å². The van der Waals surface area contributed by atoms with E-state index in [0.29, 0.717) is 6.04 Å². The Bertz CT molecular complexity index is 451. The molecule has 2 rings (SSSR count). The summed E-state index contributed by atoms with van der Waals surface area (Å²) in [4.78, 5) is 2.59. The highest BCUT2D eigenvalue weighted by molar-refractivity contribution is 5.39. The van der Waals surface area contributed by atoms with Crippen LogP contribution in [0.5, 0.6) is 5.75 Å². The van der Waals surface area contributed by atoms with Crippen LogP contribution < -0.4 is 10.1 Å². The van der Waals surface area contributed by atoms with Crippen LogP contribution in [0.15, 0.2) is 18.2 Å². The van der Waals surface area contributed by atoms with E-state index >= 15 is 0 Å². The minimum Gasteiger partial charge on any atom is -0.496 e. The SMILES string of the molecule is CCNC(CN1CC(C)C(C)C1)c1cc(C)ccc1OC. The van der Waals surface area contributed by atoms with Crippen molar-refractivity contribution in [2.24, 2.45) is 11.8 Å². The molecule has 0 radical (unpaired) electrons. The molecular weight excluding hydrogens is 260 g/mol. The largest absolute Gasteiger partial charge is 0.496 e. The summed E-state index contributed by atoms with van der Waals surface area (Å²) in [6.45, 7) is 13.5. The normalized spacial score (nSPS) is 24.2. The highest BCUT2D eigenvalue weighted by Gasteiger charge is 2.28. The zero-order valence-corrected chi connectivity index (χ0v) is 14.1. The average Bonchev–Trinajstić information content (AvgIpc) is 2.77. The highest BCUT2D eigenvalue weighted by Crippen LogP contribution is 2.29. The Morgan fingerprint density at radius 2 is 1.95 bits per heavy atom. The average molecular weight is 290 g/mol. The van der Waals surface area contributed by atoms with Gasteiger partial charge in [-0.3, -0.25) is 0 Å². The smallest absolute Gasteiger partial charge is 0.123 e. The van der Waals surface area contributed by atoms with E-state index in [9.17, 15) is 0 Å². The van der Waals surface area contributed by atoms with Crippen LogP contribution in [-0.4, -0.2) is 38.2 Å². The molecule has 1 saturated heterocycles. The van der Waals surface area contributed by atoms with Gasteiger partial charge in [-0.2, -0.15) is 0 Å². The van der Waals surface area contributed by atoms with E-state index in [-0.39, 0.29) is 0 Å². The van der Waals surface area contributed by atoms with E-state index in [2.05, 4.69) is 56.1 Å². The van der Waals surface area contributed by atoms with Crippen molar-refractivity contribution in [2.45, 2.75) is 33.7 Å². The van der Waals surface area contributed by atoms with Gasteiger partial charge in [0.25, 0.3) is 0 Å². The van der Waals surface area contributed by atoms with Crippen molar-refractivity contribution in [3.05, 3.63) is 29.3 Å². The molecule has 1 N–H and O–H groups in total. The van der Waals surface area contributed by atoms with Crippen molar-refractivity contribution in [1.29, 1.82) is 0 Å². The van der Waals surface area contributed by atoms with Crippen LogP contribution in [0.2, 0.25) is 0 Å². The summed E-state index contributed by atoms with van der Waals surface area (Å²) in [6.07, 6.45) is 0. The maximum absolute atomic E-state index is 5.58.